The molecule has 0 aliphatic heterocycles. The van der Waals surface area contributed by atoms with Gasteiger partial charge in [0.2, 0.25) is 0 Å². The Morgan fingerprint density at radius 2 is 1.12 bits per heavy atom. The molecule has 0 heterocycles. The first-order valence-electron chi connectivity index (χ1n) is 9.27. The minimum Gasteiger partial charge on any atom is -0.321 e. The van der Waals surface area contributed by atoms with Crippen molar-refractivity contribution in [2.24, 2.45) is 0 Å². The van der Waals surface area contributed by atoms with Crippen molar-refractivity contribution in [1.29, 1.82) is 0 Å². The number of halogens is 7. The topological polar surface area (TPSA) is 57.5 Å². The van der Waals surface area contributed by atoms with E-state index in [1.54, 1.807) is 24.3 Å². The third-order valence-corrected chi connectivity index (χ3v) is 6.42. The van der Waals surface area contributed by atoms with Crippen molar-refractivity contribution in [3.8, 4) is 11.1 Å². The van der Waals surface area contributed by atoms with Crippen molar-refractivity contribution in [1.82, 2.24) is 0 Å². The molecule has 0 radical (unpaired) electrons. The van der Waals surface area contributed by atoms with E-state index in [4.69, 9.17) is 9.79 Å². The van der Waals surface area contributed by atoms with Crippen LogP contribution in [0.4, 0.5) is 30.7 Å². The van der Waals surface area contributed by atoms with Gasteiger partial charge in [0.25, 0.3) is 0 Å². The first kappa shape index (κ1) is 25.0. The smallest absolute Gasteiger partial charge is 0.321 e. The van der Waals surface area contributed by atoms with Crippen LogP contribution in [0.1, 0.15) is 23.6 Å². The van der Waals surface area contributed by atoms with Gasteiger partial charge in [-0.2, -0.15) is 13.2 Å². The molecule has 0 amide bonds. The number of hydrogen-bond donors (Lipinski definition) is 2. The summed E-state index contributed by atoms with van der Waals surface area (Å²) in [6.07, 6.45) is -5.46. The monoisotopic (exact) mass is 492 g/mol. The van der Waals surface area contributed by atoms with Crippen LogP contribution < -0.4 is 5.30 Å². The predicted molar refractivity (Wildman–Crippen MR) is 107 cm³/mol. The van der Waals surface area contributed by atoms with E-state index >= 15 is 0 Å². The zero-order valence-electron chi connectivity index (χ0n) is 17.0. The summed E-state index contributed by atoms with van der Waals surface area (Å²) in [4.78, 5) is 18.0. The van der Waals surface area contributed by atoms with Crippen molar-refractivity contribution in [2.75, 3.05) is 0 Å². The average Bonchev–Trinajstić information content (AvgIpc) is 2.71. The fourth-order valence-electron chi connectivity index (χ4n) is 3.51. The van der Waals surface area contributed by atoms with Crippen LogP contribution in [0.5, 0.6) is 0 Å². The third kappa shape index (κ3) is 4.18. The summed E-state index contributed by atoms with van der Waals surface area (Å²) in [5, 5.41) is -2.28. The second kappa shape index (κ2) is 8.27. The highest BCUT2D eigenvalue weighted by atomic mass is 31.2. The van der Waals surface area contributed by atoms with Crippen LogP contribution in [-0.2, 0) is 9.98 Å². The molecule has 176 valence electrons. The maximum absolute atomic E-state index is 14.7. The zero-order chi connectivity index (χ0) is 24.9. The first-order valence-corrected chi connectivity index (χ1v) is 10.9. The van der Waals surface area contributed by atoms with Crippen LogP contribution in [-0.4, -0.2) is 16.0 Å². The van der Waals surface area contributed by atoms with E-state index in [1.165, 1.54) is 12.1 Å². The largest absolute Gasteiger partial charge is 0.402 e. The molecule has 3 nitrogen and oxygen atoms in total. The molecule has 0 saturated heterocycles. The molecule has 11 heteroatoms. The maximum atomic E-state index is 14.7. The Morgan fingerprint density at radius 3 is 1.48 bits per heavy atom. The van der Waals surface area contributed by atoms with Crippen LogP contribution in [0, 0.1) is 30.2 Å². The van der Waals surface area contributed by atoms with Gasteiger partial charge in [0.15, 0.2) is 23.3 Å². The van der Waals surface area contributed by atoms with E-state index in [0.29, 0.717) is 18.1 Å². The van der Waals surface area contributed by atoms with Crippen molar-refractivity contribution >= 4 is 12.9 Å². The van der Waals surface area contributed by atoms with Gasteiger partial charge in [-0.25, -0.2) is 17.6 Å². The second-order valence-corrected chi connectivity index (χ2v) is 9.12. The number of rotatable bonds is 4. The van der Waals surface area contributed by atoms with Gasteiger partial charge in [0.05, 0.1) is 0 Å². The Hall–Kier alpha value is -2.68. The fourth-order valence-corrected chi connectivity index (χ4v) is 4.21. The maximum Gasteiger partial charge on any atom is 0.402 e. The molecular formula is C22H16F7O3P. The zero-order valence-corrected chi connectivity index (χ0v) is 17.9. The van der Waals surface area contributed by atoms with Gasteiger partial charge >= 0.3 is 13.8 Å². The summed E-state index contributed by atoms with van der Waals surface area (Å²) in [6.45, 7) is 2.16. The van der Waals surface area contributed by atoms with Crippen molar-refractivity contribution in [3.05, 3.63) is 88.5 Å². The second-order valence-electron chi connectivity index (χ2n) is 7.59. The molecule has 3 aromatic carbocycles. The van der Waals surface area contributed by atoms with Crippen LogP contribution in [0.25, 0.3) is 11.1 Å². The molecule has 0 aliphatic carbocycles. The third-order valence-electron chi connectivity index (χ3n) is 5.45. The lowest BCUT2D eigenvalue weighted by Gasteiger charge is -2.34. The van der Waals surface area contributed by atoms with E-state index in [-0.39, 0.29) is 0 Å². The van der Waals surface area contributed by atoms with E-state index in [2.05, 4.69) is 0 Å². The minimum atomic E-state index is -5.89. The first-order chi connectivity index (χ1) is 15.1. The Bertz CT molecular complexity index is 1220. The lowest BCUT2D eigenvalue weighted by atomic mass is 9.74. The number of aryl methyl sites for hydroxylation is 1. The van der Waals surface area contributed by atoms with Crippen molar-refractivity contribution in [2.45, 2.75) is 25.4 Å². The van der Waals surface area contributed by atoms with Gasteiger partial charge in [-0.15, -0.1) is 0 Å². The number of benzene rings is 3. The summed E-state index contributed by atoms with van der Waals surface area (Å²) in [5.41, 5.74) is -4.34. The summed E-state index contributed by atoms with van der Waals surface area (Å²) in [7, 11) is -5.89. The van der Waals surface area contributed by atoms with Crippen molar-refractivity contribution < 1.29 is 45.1 Å². The van der Waals surface area contributed by atoms with Gasteiger partial charge < -0.3 is 9.79 Å². The Labute approximate surface area is 183 Å². The molecule has 0 saturated carbocycles. The lowest BCUT2D eigenvalue weighted by Crippen LogP contribution is -2.43. The Morgan fingerprint density at radius 1 is 0.727 bits per heavy atom. The van der Waals surface area contributed by atoms with Gasteiger partial charge in [-0.3, -0.25) is 4.57 Å². The summed E-state index contributed by atoms with van der Waals surface area (Å²) >= 11 is 0. The van der Waals surface area contributed by atoms with E-state index in [0.717, 1.165) is 17.7 Å². The summed E-state index contributed by atoms with van der Waals surface area (Å²) in [6, 6.07) is 11.3. The molecular weight excluding hydrogens is 476 g/mol. The Balaban J connectivity index is 2.27. The fraction of sp³-hybridized carbons (Fsp3) is 0.182. The molecule has 1 unspecified atom stereocenters. The molecule has 0 aromatic heterocycles. The molecule has 2 N–H and O–H groups in total. The highest BCUT2D eigenvalue weighted by Gasteiger charge is 2.57. The number of alkyl halides is 3. The quantitative estimate of drug-likeness (QED) is 0.271. The average molecular weight is 492 g/mol. The van der Waals surface area contributed by atoms with E-state index in [9.17, 15) is 35.3 Å². The van der Waals surface area contributed by atoms with Gasteiger partial charge in [-0.05, 0) is 30.5 Å². The lowest BCUT2D eigenvalue weighted by molar-refractivity contribution is -0.174. The molecule has 0 bridgehead atoms. The Kier molecular flexibility index (Phi) is 6.25. The predicted octanol–water partition coefficient (Wildman–Crippen LogP) is 5.89. The molecule has 0 aliphatic rings. The highest BCUT2D eigenvalue weighted by molar-refractivity contribution is 7.60. The standard InChI is InChI=1S/C22H16F7O3P/c1-11-3-5-12(6-4-11)13-7-9-14(10-8-13)21(2,22(27,28)29)15-16(23)18(25)20(33(30,31)32)19(26)17(15)24/h3-10H,1-2H3,(H2,30,31,32). The van der Waals surface area contributed by atoms with Crippen LogP contribution >= 0.6 is 7.60 Å². The highest BCUT2D eigenvalue weighted by Crippen LogP contribution is 2.49. The molecule has 1 atom stereocenters. The molecule has 3 aromatic rings. The summed E-state index contributed by atoms with van der Waals surface area (Å²) < 4.78 is 112. The van der Waals surface area contributed by atoms with E-state index in [1.807, 2.05) is 6.92 Å². The SMILES string of the molecule is Cc1ccc(-c2ccc(C(C)(c3c(F)c(F)c(P(=O)(O)O)c(F)c3F)C(F)(F)F)cc2)cc1. The van der Waals surface area contributed by atoms with Gasteiger partial charge in [-0.1, -0.05) is 54.1 Å². The van der Waals surface area contributed by atoms with Crippen LogP contribution in [0.2, 0.25) is 0 Å². The van der Waals surface area contributed by atoms with Gasteiger partial charge in [0.1, 0.15) is 10.7 Å². The molecule has 3 rings (SSSR count). The minimum absolute atomic E-state index is 0.325. The van der Waals surface area contributed by atoms with Crippen molar-refractivity contribution in [3.63, 3.8) is 0 Å². The molecule has 33 heavy (non-hydrogen) atoms. The normalized spacial score (nSPS) is 14.3. The molecule has 0 spiro atoms. The van der Waals surface area contributed by atoms with Crippen LogP contribution in [0.3, 0.4) is 0 Å². The molecule has 0 fully saturated rings. The summed E-state index contributed by atoms with van der Waals surface area (Å²) in [5.74, 6) is -10.3. The van der Waals surface area contributed by atoms with E-state index < -0.39 is 58.9 Å². The number of hydrogen-bond acceptors (Lipinski definition) is 1. The van der Waals surface area contributed by atoms with Gasteiger partial charge in [0, 0.05) is 5.56 Å². The van der Waals surface area contributed by atoms with Crippen LogP contribution in [0.15, 0.2) is 48.5 Å².